The van der Waals surface area contributed by atoms with Crippen LogP contribution in [0.15, 0.2) is 24.1 Å². The summed E-state index contributed by atoms with van der Waals surface area (Å²) in [6.07, 6.45) is 8.66. The molecule has 0 unspecified atom stereocenters. The summed E-state index contributed by atoms with van der Waals surface area (Å²) in [6.45, 7) is 2.82. The Bertz CT molecular complexity index is 749. The summed E-state index contributed by atoms with van der Waals surface area (Å²) >= 11 is 1.66. The monoisotopic (exact) mass is 314 g/mol. The highest BCUT2D eigenvalue weighted by molar-refractivity contribution is 7.15. The number of aromatic nitrogens is 4. The van der Waals surface area contributed by atoms with Crippen molar-refractivity contribution >= 4 is 22.1 Å². The molecule has 0 saturated carbocycles. The fourth-order valence-electron chi connectivity index (χ4n) is 2.83. The summed E-state index contributed by atoms with van der Waals surface area (Å²) in [5.41, 5.74) is 3.55. The van der Waals surface area contributed by atoms with Gasteiger partial charge in [-0.15, -0.1) is 11.3 Å². The SMILES string of the molecule is c1nc2c(c(NCCc3cn4ccsc4n3)n1)CCNCC2. The van der Waals surface area contributed by atoms with Crippen molar-refractivity contribution in [2.75, 3.05) is 25.0 Å². The van der Waals surface area contributed by atoms with Gasteiger partial charge in [0.2, 0.25) is 0 Å². The zero-order chi connectivity index (χ0) is 14.8. The van der Waals surface area contributed by atoms with Gasteiger partial charge in [-0.1, -0.05) is 0 Å². The Morgan fingerprint density at radius 1 is 1.27 bits per heavy atom. The van der Waals surface area contributed by atoms with Gasteiger partial charge in [0.05, 0.1) is 11.4 Å². The Morgan fingerprint density at radius 3 is 3.18 bits per heavy atom. The van der Waals surface area contributed by atoms with E-state index in [1.807, 2.05) is 6.20 Å². The molecule has 0 radical (unpaired) electrons. The predicted molar refractivity (Wildman–Crippen MR) is 87.6 cm³/mol. The van der Waals surface area contributed by atoms with Gasteiger partial charge in [-0.05, 0) is 13.0 Å². The topological polar surface area (TPSA) is 67.1 Å². The first-order valence-electron chi connectivity index (χ1n) is 7.58. The van der Waals surface area contributed by atoms with Gasteiger partial charge >= 0.3 is 0 Å². The van der Waals surface area contributed by atoms with Crippen LogP contribution in [0.1, 0.15) is 17.0 Å². The predicted octanol–water partition coefficient (Wildman–Crippen LogP) is 1.53. The van der Waals surface area contributed by atoms with Crippen LogP contribution in [0.3, 0.4) is 0 Å². The third-order valence-electron chi connectivity index (χ3n) is 3.94. The number of hydrogen-bond acceptors (Lipinski definition) is 6. The second-order valence-electron chi connectivity index (χ2n) is 5.40. The van der Waals surface area contributed by atoms with Crippen molar-refractivity contribution in [3.8, 4) is 0 Å². The van der Waals surface area contributed by atoms with E-state index in [4.69, 9.17) is 0 Å². The molecule has 1 aliphatic heterocycles. The zero-order valence-corrected chi connectivity index (χ0v) is 13.1. The standard InChI is InChI=1S/C15H18N6S/c1(11-9-21-7-8-22-15(21)20-11)6-17-14-12-2-4-16-5-3-13(12)18-10-19-14/h7-10,16H,1-6H2,(H,17,18,19). The highest BCUT2D eigenvalue weighted by Crippen LogP contribution is 2.18. The molecule has 4 rings (SSSR count). The maximum atomic E-state index is 4.61. The van der Waals surface area contributed by atoms with Gasteiger partial charge in [0.25, 0.3) is 0 Å². The Hall–Kier alpha value is -1.99. The van der Waals surface area contributed by atoms with E-state index < -0.39 is 0 Å². The second kappa shape index (κ2) is 6.02. The first-order valence-corrected chi connectivity index (χ1v) is 8.46. The van der Waals surface area contributed by atoms with Crippen LogP contribution in [0, 0.1) is 0 Å². The molecule has 22 heavy (non-hydrogen) atoms. The van der Waals surface area contributed by atoms with Crippen LogP contribution in [-0.2, 0) is 19.3 Å². The van der Waals surface area contributed by atoms with Gasteiger partial charge in [-0.25, -0.2) is 15.0 Å². The van der Waals surface area contributed by atoms with Crippen molar-refractivity contribution in [1.82, 2.24) is 24.7 Å². The average Bonchev–Trinajstić information content (AvgIpc) is 3.01. The zero-order valence-electron chi connectivity index (χ0n) is 12.2. The molecule has 0 aliphatic carbocycles. The number of hydrogen-bond donors (Lipinski definition) is 2. The van der Waals surface area contributed by atoms with Crippen molar-refractivity contribution in [2.45, 2.75) is 19.3 Å². The average molecular weight is 314 g/mol. The van der Waals surface area contributed by atoms with Crippen LogP contribution in [0.25, 0.3) is 4.96 Å². The number of rotatable bonds is 4. The molecule has 0 aromatic carbocycles. The summed E-state index contributed by atoms with van der Waals surface area (Å²) in [6, 6.07) is 0. The number of fused-ring (bicyclic) bond motifs is 2. The maximum Gasteiger partial charge on any atom is 0.193 e. The first-order chi connectivity index (χ1) is 10.9. The first kappa shape index (κ1) is 13.7. The van der Waals surface area contributed by atoms with Crippen molar-refractivity contribution in [3.05, 3.63) is 41.1 Å². The van der Waals surface area contributed by atoms with Gasteiger partial charge in [-0.2, -0.15) is 0 Å². The maximum absolute atomic E-state index is 4.61. The number of nitrogens with one attached hydrogen (secondary N) is 2. The Kier molecular flexibility index (Phi) is 3.74. The van der Waals surface area contributed by atoms with Gasteiger partial charge in [0.15, 0.2) is 4.96 Å². The van der Waals surface area contributed by atoms with Crippen LogP contribution >= 0.6 is 11.3 Å². The lowest BCUT2D eigenvalue weighted by Gasteiger charge is -2.11. The number of nitrogens with zero attached hydrogens (tertiary/aromatic N) is 4. The van der Waals surface area contributed by atoms with E-state index in [9.17, 15) is 0 Å². The van der Waals surface area contributed by atoms with E-state index >= 15 is 0 Å². The minimum atomic E-state index is 0.835. The van der Waals surface area contributed by atoms with Gasteiger partial charge in [0, 0.05) is 49.3 Å². The molecule has 0 spiro atoms. The van der Waals surface area contributed by atoms with Crippen LogP contribution in [0.5, 0.6) is 0 Å². The molecule has 1 aliphatic rings. The fraction of sp³-hybridized carbons (Fsp3) is 0.400. The molecule has 3 aromatic rings. The van der Waals surface area contributed by atoms with Gasteiger partial charge in [-0.3, -0.25) is 4.40 Å². The summed E-state index contributed by atoms with van der Waals surface area (Å²) in [7, 11) is 0. The minimum absolute atomic E-state index is 0.835. The van der Waals surface area contributed by atoms with E-state index in [1.165, 1.54) is 11.3 Å². The lowest BCUT2D eigenvalue weighted by molar-refractivity contribution is 0.708. The molecule has 3 aromatic heterocycles. The lowest BCUT2D eigenvalue weighted by Crippen LogP contribution is -2.16. The van der Waals surface area contributed by atoms with Crippen LogP contribution in [-0.4, -0.2) is 39.0 Å². The molecule has 0 bridgehead atoms. The third kappa shape index (κ3) is 2.69. The smallest absolute Gasteiger partial charge is 0.193 e. The molecule has 4 heterocycles. The van der Waals surface area contributed by atoms with Crippen LogP contribution in [0.4, 0.5) is 5.82 Å². The number of imidazole rings is 1. The highest BCUT2D eigenvalue weighted by atomic mass is 32.1. The number of anilines is 1. The summed E-state index contributed by atoms with van der Waals surface area (Å²) < 4.78 is 2.07. The summed E-state index contributed by atoms with van der Waals surface area (Å²) in [5.74, 6) is 0.981. The van der Waals surface area contributed by atoms with Crippen LogP contribution in [0.2, 0.25) is 0 Å². The largest absolute Gasteiger partial charge is 0.369 e. The fourth-order valence-corrected chi connectivity index (χ4v) is 3.55. The quantitative estimate of drug-likeness (QED) is 0.764. The normalized spacial score (nSPS) is 14.7. The molecular weight excluding hydrogens is 296 g/mol. The Balaban J connectivity index is 1.44. The molecule has 0 atom stereocenters. The molecule has 7 heteroatoms. The molecular formula is C15H18N6S. The van der Waals surface area contributed by atoms with E-state index in [2.05, 4.69) is 41.6 Å². The minimum Gasteiger partial charge on any atom is -0.369 e. The van der Waals surface area contributed by atoms with Crippen LogP contribution < -0.4 is 10.6 Å². The molecule has 6 nitrogen and oxygen atoms in total. The van der Waals surface area contributed by atoms with E-state index in [0.29, 0.717) is 0 Å². The molecule has 0 fully saturated rings. The van der Waals surface area contributed by atoms with Crippen molar-refractivity contribution in [1.29, 1.82) is 0 Å². The molecule has 114 valence electrons. The summed E-state index contributed by atoms with van der Waals surface area (Å²) in [4.78, 5) is 14.5. The van der Waals surface area contributed by atoms with Gasteiger partial charge in [0.1, 0.15) is 12.1 Å². The second-order valence-corrected chi connectivity index (χ2v) is 6.27. The lowest BCUT2D eigenvalue weighted by atomic mass is 10.1. The van der Waals surface area contributed by atoms with Gasteiger partial charge < -0.3 is 10.6 Å². The molecule has 0 amide bonds. The molecule has 0 saturated heterocycles. The van der Waals surface area contributed by atoms with E-state index in [-0.39, 0.29) is 0 Å². The van der Waals surface area contributed by atoms with E-state index in [0.717, 1.165) is 55.4 Å². The Labute approximate surface area is 132 Å². The van der Waals surface area contributed by atoms with Crippen molar-refractivity contribution < 1.29 is 0 Å². The van der Waals surface area contributed by atoms with Crippen molar-refractivity contribution in [3.63, 3.8) is 0 Å². The van der Waals surface area contributed by atoms with Crippen molar-refractivity contribution in [2.24, 2.45) is 0 Å². The molecule has 2 N–H and O–H groups in total. The number of thiazole rings is 1. The van der Waals surface area contributed by atoms with E-state index in [1.54, 1.807) is 17.7 Å². The summed E-state index contributed by atoms with van der Waals surface area (Å²) in [5, 5.41) is 8.92. The highest BCUT2D eigenvalue weighted by Gasteiger charge is 2.13. The third-order valence-corrected chi connectivity index (χ3v) is 4.71. The Morgan fingerprint density at radius 2 is 2.23 bits per heavy atom.